The molecule has 2 nitrogen and oxygen atoms in total. The zero-order valence-electron chi connectivity index (χ0n) is 5.93. The highest BCUT2D eigenvalue weighted by Gasteiger charge is 2.36. The maximum Gasteiger partial charge on any atom is 0.0587 e. The van der Waals surface area contributed by atoms with Crippen LogP contribution in [0, 0.1) is 5.41 Å². The summed E-state index contributed by atoms with van der Waals surface area (Å²) in [6.07, 6.45) is 3.66. The van der Waals surface area contributed by atoms with Gasteiger partial charge in [-0.1, -0.05) is 13.3 Å². The van der Waals surface area contributed by atoms with E-state index in [1.54, 1.807) is 0 Å². The average molecular weight is 129 g/mol. The van der Waals surface area contributed by atoms with Gasteiger partial charge < -0.3 is 10.8 Å². The van der Waals surface area contributed by atoms with Crippen molar-refractivity contribution in [1.29, 1.82) is 0 Å². The van der Waals surface area contributed by atoms with Gasteiger partial charge in [0.25, 0.3) is 0 Å². The van der Waals surface area contributed by atoms with Crippen LogP contribution in [0.15, 0.2) is 0 Å². The Kier molecular flexibility index (Phi) is 1.78. The Hall–Kier alpha value is -0.0800. The Balaban J connectivity index is 2.38. The average Bonchev–Trinajstić information content (AvgIpc) is 1.81. The highest BCUT2D eigenvalue weighted by Crippen LogP contribution is 2.42. The second-order valence-corrected chi connectivity index (χ2v) is 3.30. The van der Waals surface area contributed by atoms with E-state index in [1.807, 2.05) is 0 Å². The molecule has 0 radical (unpaired) electrons. The molecule has 0 aromatic rings. The van der Waals surface area contributed by atoms with Crippen LogP contribution in [0.1, 0.15) is 26.2 Å². The zero-order chi connectivity index (χ0) is 6.91. The largest absolute Gasteiger partial charge is 0.395 e. The first-order valence-electron chi connectivity index (χ1n) is 3.55. The fourth-order valence-corrected chi connectivity index (χ4v) is 1.33. The normalized spacial score (nSPS) is 27.0. The van der Waals surface area contributed by atoms with Gasteiger partial charge in [-0.15, -0.1) is 0 Å². The lowest BCUT2D eigenvalue weighted by atomic mass is 9.66. The molecule has 1 saturated carbocycles. The van der Waals surface area contributed by atoms with Gasteiger partial charge in [0.1, 0.15) is 0 Å². The highest BCUT2D eigenvalue weighted by atomic mass is 16.3. The maximum absolute atomic E-state index is 8.71. The van der Waals surface area contributed by atoms with E-state index in [9.17, 15) is 0 Å². The Morgan fingerprint density at radius 1 is 1.67 bits per heavy atom. The predicted molar refractivity (Wildman–Crippen MR) is 37.0 cm³/mol. The molecule has 2 heteroatoms. The Bertz CT molecular complexity index is 99.1. The summed E-state index contributed by atoms with van der Waals surface area (Å²) in [5.41, 5.74) is 5.92. The molecule has 0 amide bonds. The van der Waals surface area contributed by atoms with Crippen molar-refractivity contribution in [3.63, 3.8) is 0 Å². The molecule has 0 heterocycles. The third-order valence-corrected chi connectivity index (χ3v) is 2.59. The molecule has 0 aromatic carbocycles. The lowest BCUT2D eigenvalue weighted by Gasteiger charge is -2.42. The van der Waals surface area contributed by atoms with E-state index in [1.165, 1.54) is 19.3 Å². The van der Waals surface area contributed by atoms with E-state index < -0.39 is 0 Å². The molecular weight excluding hydrogens is 114 g/mol. The van der Waals surface area contributed by atoms with Crippen LogP contribution in [-0.4, -0.2) is 17.8 Å². The second-order valence-electron chi connectivity index (χ2n) is 3.30. The van der Waals surface area contributed by atoms with Crippen LogP contribution in [0.25, 0.3) is 0 Å². The van der Waals surface area contributed by atoms with E-state index >= 15 is 0 Å². The number of rotatable bonds is 2. The van der Waals surface area contributed by atoms with Gasteiger partial charge in [-0.3, -0.25) is 0 Å². The monoisotopic (exact) mass is 129 g/mol. The van der Waals surface area contributed by atoms with Crippen molar-refractivity contribution in [2.45, 2.75) is 32.2 Å². The number of hydrogen-bond acceptors (Lipinski definition) is 2. The van der Waals surface area contributed by atoms with Crippen LogP contribution in [0.5, 0.6) is 0 Å². The third-order valence-electron chi connectivity index (χ3n) is 2.59. The number of aliphatic hydroxyl groups is 1. The summed E-state index contributed by atoms with van der Waals surface area (Å²) < 4.78 is 0. The quantitative estimate of drug-likeness (QED) is 0.570. The van der Waals surface area contributed by atoms with Gasteiger partial charge in [0.15, 0.2) is 0 Å². The SMILES string of the molecule is CC1([C@@H](N)CO)CCC1. The third kappa shape index (κ3) is 1.10. The fraction of sp³-hybridized carbons (Fsp3) is 1.00. The van der Waals surface area contributed by atoms with Crippen LogP contribution in [0.2, 0.25) is 0 Å². The lowest BCUT2D eigenvalue weighted by molar-refractivity contribution is 0.0797. The van der Waals surface area contributed by atoms with E-state index in [0.717, 1.165) is 0 Å². The molecule has 0 bridgehead atoms. The van der Waals surface area contributed by atoms with Gasteiger partial charge in [0, 0.05) is 6.04 Å². The van der Waals surface area contributed by atoms with Crippen molar-refractivity contribution >= 4 is 0 Å². The standard InChI is InChI=1S/C7H15NO/c1-7(3-2-4-7)6(8)5-9/h6,9H,2-5,8H2,1H3/t6-/m0/s1. The van der Waals surface area contributed by atoms with Gasteiger partial charge in [-0.25, -0.2) is 0 Å². The van der Waals surface area contributed by atoms with Crippen LogP contribution >= 0.6 is 0 Å². The number of hydrogen-bond donors (Lipinski definition) is 2. The summed E-state index contributed by atoms with van der Waals surface area (Å²) >= 11 is 0. The molecule has 1 rings (SSSR count). The van der Waals surface area contributed by atoms with E-state index in [-0.39, 0.29) is 18.1 Å². The first-order valence-corrected chi connectivity index (χ1v) is 3.55. The van der Waals surface area contributed by atoms with Gasteiger partial charge in [-0.2, -0.15) is 0 Å². The molecule has 54 valence electrons. The van der Waals surface area contributed by atoms with Crippen LogP contribution < -0.4 is 5.73 Å². The molecule has 0 unspecified atom stereocenters. The fourth-order valence-electron chi connectivity index (χ4n) is 1.33. The second kappa shape index (κ2) is 2.27. The topological polar surface area (TPSA) is 46.2 Å². The number of aliphatic hydroxyl groups excluding tert-OH is 1. The van der Waals surface area contributed by atoms with E-state index in [4.69, 9.17) is 10.8 Å². The van der Waals surface area contributed by atoms with E-state index in [2.05, 4.69) is 6.92 Å². The molecule has 1 aliphatic carbocycles. The van der Waals surface area contributed by atoms with Crippen LogP contribution in [-0.2, 0) is 0 Å². The molecule has 1 aliphatic rings. The van der Waals surface area contributed by atoms with Crippen LogP contribution in [0.3, 0.4) is 0 Å². The summed E-state index contributed by atoms with van der Waals surface area (Å²) in [4.78, 5) is 0. The zero-order valence-corrected chi connectivity index (χ0v) is 5.93. The summed E-state index contributed by atoms with van der Waals surface area (Å²) in [5.74, 6) is 0. The molecule has 0 aliphatic heterocycles. The van der Waals surface area contributed by atoms with Gasteiger partial charge >= 0.3 is 0 Å². The molecule has 9 heavy (non-hydrogen) atoms. The van der Waals surface area contributed by atoms with Gasteiger partial charge in [-0.05, 0) is 18.3 Å². The van der Waals surface area contributed by atoms with Crippen molar-refractivity contribution in [2.75, 3.05) is 6.61 Å². The van der Waals surface area contributed by atoms with Gasteiger partial charge in [0.05, 0.1) is 6.61 Å². The first kappa shape index (κ1) is 7.03. The van der Waals surface area contributed by atoms with Crippen molar-refractivity contribution < 1.29 is 5.11 Å². The summed E-state index contributed by atoms with van der Waals surface area (Å²) in [7, 11) is 0. The lowest BCUT2D eigenvalue weighted by Crippen LogP contribution is -2.46. The Labute approximate surface area is 56.1 Å². The summed E-state index contributed by atoms with van der Waals surface area (Å²) in [5, 5.41) is 8.71. The minimum Gasteiger partial charge on any atom is -0.395 e. The minimum atomic E-state index is 0.00579. The van der Waals surface area contributed by atoms with Crippen LogP contribution in [0.4, 0.5) is 0 Å². The molecule has 0 spiro atoms. The molecular formula is C7H15NO. The van der Waals surface area contributed by atoms with Crippen molar-refractivity contribution in [2.24, 2.45) is 11.1 Å². The van der Waals surface area contributed by atoms with Crippen molar-refractivity contribution in [1.82, 2.24) is 0 Å². The smallest absolute Gasteiger partial charge is 0.0587 e. The molecule has 0 aromatic heterocycles. The Morgan fingerprint density at radius 2 is 2.22 bits per heavy atom. The molecule has 3 N–H and O–H groups in total. The van der Waals surface area contributed by atoms with E-state index in [0.29, 0.717) is 0 Å². The first-order chi connectivity index (χ1) is 4.19. The highest BCUT2D eigenvalue weighted by molar-refractivity contribution is 4.91. The predicted octanol–water partition coefficient (Wildman–Crippen LogP) is 0.496. The number of nitrogens with two attached hydrogens (primary N) is 1. The van der Waals surface area contributed by atoms with Gasteiger partial charge in [0.2, 0.25) is 0 Å². The summed E-state index contributed by atoms with van der Waals surface area (Å²) in [6.45, 7) is 2.29. The summed E-state index contributed by atoms with van der Waals surface area (Å²) in [6, 6.07) is 0.00579. The van der Waals surface area contributed by atoms with Crippen molar-refractivity contribution in [3.8, 4) is 0 Å². The maximum atomic E-state index is 8.71. The molecule has 1 atom stereocenters. The Morgan fingerprint density at radius 3 is 2.33 bits per heavy atom. The minimum absolute atomic E-state index is 0.00579. The molecule has 1 fully saturated rings. The molecule has 0 saturated heterocycles. The van der Waals surface area contributed by atoms with Crippen molar-refractivity contribution in [3.05, 3.63) is 0 Å².